The molecule has 1 aromatic rings. The van der Waals surface area contributed by atoms with E-state index in [0.29, 0.717) is 22.8 Å². The third kappa shape index (κ3) is 5.09. The van der Waals surface area contributed by atoms with Crippen molar-refractivity contribution in [2.24, 2.45) is 0 Å². The molecule has 1 amide bonds. The van der Waals surface area contributed by atoms with Gasteiger partial charge in [-0.1, -0.05) is 18.5 Å². The summed E-state index contributed by atoms with van der Waals surface area (Å²) in [5, 5.41) is 12.0. The Morgan fingerprint density at radius 3 is 2.70 bits per heavy atom. The van der Waals surface area contributed by atoms with E-state index in [4.69, 9.17) is 21.4 Å². The third-order valence-corrected chi connectivity index (χ3v) is 3.11. The van der Waals surface area contributed by atoms with Gasteiger partial charge in [-0.2, -0.15) is 0 Å². The van der Waals surface area contributed by atoms with Crippen LogP contribution in [0.5, 0.6) is 5.75 Å². The molecule has 0 aromatic heterocycles. The molecular formula is C14H18ClNO4. The zero-order valence-corrected chi connectivity index (χ0v) is 12.2. The lowest BCUT2D eigenvalue weighted by atomic mass is 10.1. The highest BCUT2D eigenvalue weighted by molar-refractivity contribution is 6.30. The molecule has 6 heteroatoms. The van der Waals surface area contributed by atoms with E-state index in [1.54, 1.807) is 18.2 Å². The first-order chi connectivity index (χ1) is 9.46. The van der Waals surface area contributed by atoms with Gasteiger partial charge in [0.1, 0.15) is 5.75 Å². The summed E-state index contributed by atoms with van der Waals surface area (Å²) in [5.74, 6) is -0.605. The molecule has 0 radical (unpaired) electrons. The van der Waals surface area contributed by atoms with Crippen molar-refractivity contribution in [1.29, 1.82) is 0 Å². The highest BCUT2D eigenvalue weighted by atomic mass is 35.5. The molecule has 2 N–H and O–H groups in total. The number of carbonyl (C=O) groups excluding carboxylic acids is 1. The molecule has 110 valence electrons. The molecule has 0 aliphatic carbocycles. The summed E-state index contributed by atoms with van der Waals surface area (Å²) < 4.78 is 5.16. The summed E-state index contributed by atoms with van der Waals surface area (Å²) >= 11 is 5.89. The highest BCUT2D eigenvalue weighted by Gasteiger charge is 2.15. The number of amides is 1. The first kappa shape index (κ1) is 16.3. The third-order valence-electron chi connectivity index (χ3n) is 2.87. The highest BCUT2D eigenvalue weighted by Crippen LogP contribution is 2.23. The van der Waals surface area contributed by atoms with Crippen LogP contribution in [0.3, 0.4) is 0 Å². The number of aliphatic carboxylic acids is 1. The Kier molecular flexibility index (Phi) is 6.31. The smallest absolute Gasteiger partial charge is 0.305 e. The Hall–Kier alpha value is -1.75. The molecule has 1 aromatic carbocycles. The van der Waals surface area contributed by atoms with Crippen molar-refractivity contribution in [3.05, 3.63) is 28.8 Å². The van der Waals surface area contributed by atoms with Gasteiger partial charge < -0.3 is 15.2 Å². The van der Waals surface area contributed by atoms with E-state index >= 15 is 0 Å². The molecule has 1 atom stereocenters. The molecule has 5 nitrogen and oxygen atoms in total. The number of hydrogen-bond donors (Lipinski definition) is 2. The van der Waals surface area contributed by atoms with Gasteiger partial charge in [0.2, 0.25) is 5.91 Å². The Bertz CT molecular complexity index is 490. The maximum atomic E-state index is 11.9. The van der Waals surface area contributed by atoms with Crippen LogP contribution in [0.2, 0.25) is 5.02 Å². The van der Waals surface area contributed by atoms with E-state index < -0.39 is 5.97 Å². The number of methoxy groups -OCH3 is 1. The van der Waals surface area contributed by atoms with Crippen molar-refractivity contribution in [2.45, 2.75) is 32.2 Å². The lowest BCUT2D eigenvalue weighted by molar-refractivity contribution is -0.137. The number of hydrogen-bond acceptors (Lipinski definition) is 3. The molecule has 0 saturated heterocycles. The maximum absolute atomic E-state index is 11.9. The van der Waals surface area contributed by atoms with Gasteiger partial charge in [-0.25, -0.2) is 0 Å². The SMILES string of the molecule is CCC(CC(=O)O)NC(=O)Cc1cc(Cl)ccc1OC. The van der Waals surface area contributed by atoms with Gasteiger partial charge >= 0.3 is 5.97 Å². The average Bonchev–Trinajstić information content (AvgIpc) is 2.37. The molecule has 0 aliphatic heterocycles. The maximum Gasteiger partial charge on any atom is 0.305 e. The monoisotopic (exact) mass is 299 g/mol. The summed E-state index contributed by atoms with van der Waals surface area (Å²) in [6.45, 7) is 1.83. The number of rotatable bonds is 7. The summed E-state index contributed by atoms with van der Waals surface area (Å²) in [7, 11) is 1.52. The Morgan fingerprint density at radius 1 is 1.45 bits per heavy atom. The number of carbonyl (C=O) groups is 2. The number of benzene rings is 1. The molecule has 0 fully saturated rings. The Balaban J connectivity index is 2.70. The zero-order chi connectivity index (χ0) is 15.1. The predicted octanol–water partition coefficient (Wildman–Crippen LogP) is 2.26. The molecule has 1 rings (SSSR count). The van der Waals surface area contributed by atoms with E-state index in [0.717, 1.165) is 0 Å². The van der Waals surface area contributed by atoms with Crippen LogP contribution in [0, 0.1) is 0 Å². The minimum absolute atomic E-state index is 0.0884. The van der Waals surface area contributed by atoms with Gasteiger partial charge in [0.15, 0.2) is 0 Å². The molecule has 0 saturated carbocycles. The number of ether oxygens (including phenoxy) is 1. The van der Waals surface area contributed by atoms with Gasteiger partial charge in [0, 0.05) is 16.6 Å². The van der Waals surface area contributed by atoms with E-state index in [1.807, 2.05) is 6.92 Å². The van der Waals surface area contributed by atoms with Crippen molar-refractivity contribution in [1.82, 2.24) is 5.32 Å². The molecule has 0 aliphatic rings. The fraction of sp³-hybridized carbons (Fsp3) is 0.429. The van der Waals surface area contributed by atoms with Gasteiger partial charge in [-0.15, -0.1) is 0 Å². The minimum atomic E-state index is -0.933. The normalized spacial score (nSPS) is 11.8. The number of halogens is 1. The van der Waals surface area contributed by atoms with Crippen LogP contribution in [0.25, 0.3) is 0 Å². The van der Waals surface area contributed by atoms with Gasteiger partial charge in [-0.05, 0) is 24.6 Å². The first-order valence-corrected chi connectivity index (χ1v) is 6.67. The van der Waals surface area contributed by atoms with Crippen molar-refractivity contribution >= 4 is 23.5 Å². The van der Waals surface area contributed by atoms with Crippen molar-refractivity contribution in [3.63, 3.8) is 0 Å². The number of carboxylic acids is 1. The van der Waals surface area contributed by atoms with Crippen molar-refractivity contribution in [2.75, 3.05) is 7.11 Å². The lowest BCUT2D eigenvalue weighted by Crippen LogP contribution is -2.37. The van der Waals surface area contributed by atoms with Crippen LogP contribution in [-0.4, -0.2) is 30.1 Å². The number of nitrogens with one attached hydrogen (secondary N) is 1. The molecule has 0 bridgehead atoms. The number of carboxylic acid groups (broad SMARTS) is 1. The minimum Gasteiger partial charge on any atom is -0.496 e. The Labute approximate surface area is 122 Å². The molecule has 0 heterocycles. The van der Waals surface area contributed by atoms with Crippen molar-refractivity contribution in [3.8, 4) is 5.75 Å². The fourth-order valence-corrected chi connectivity index (χ4v) is 2.04. The summed E-state index contributed by atoms with van der Waals surface area (Å²) in [6.07, 6.45) is 0.569. The van der Waals surface area contributed by atoms with Crippen LogP contribution in [0.15, 0.2) is 18.2 Å². The van der Waals surface area contributed by atoms with Gasteiger partial charge in [0.25, 0.3) is 0 Å². The van der Waals surface area contributed by atoms with E-state index in [2.05, 4.69) is 5.32 Å². The average molecular weight is 300 g/mol. The van der Waals surface area contributed by atoms with Crippen LogP contribution in [0.4, 0.5) is 0 Å². The molecule has 20 heavy (non-hydrogen) atoms. The summed E-state index contributed by atoms with van der Waals surface area (Å²) in [5.41, 5.74) is 0.669. The lowest BCUT2D eigenvalue weighted by Gasteiger charge is -2.15. The molecular weight excluding hydrogens is 282 g/mol. The summed E-state index contributed by atoms with van der Waals surface area (Å²) in [6, 6.07) is 4.67. The van der Waals surface area contributed by atoms with Crippen LogP contribution < -0.4 is 10.1 Å². The quantitative estimate of drug-likeness (QED) is 0.810. The van der Waals surface area contributed by atoms with E-state index in [9.17, 15) is 9.59 Å². The van der Waals surface area contributed by atoms with Gasteiger partial charge in [0.05, 0.1) is 20.0 Å². The van der Waals surface area contributed by atoms with Crippen LogP contribution >= 0.6 is 11.6 Å². The van der Waals surface area contributed by atoms with Crippen molar-refractivity contribution < 1.29 is 19.4 Å². The van der Waals surface area contributed by atoms with E-state index in [1.165, 1.54) is 7.11 Å². The fourth-order valence-electron chi connectivity index (χ4n) is 1.85. The van der Waals surface area contributed by atoms with Crippen LogP contribution in [0.1, 0.15) is 25.3 Å². The van der Waals surface area contributed by atoms with E-state index in [-0.39, 0.29) is 24.8 Å². The second kappa shape index (κ2) is 7.75. The van der Waals surface area contributed by atoms with Crippen LogP contribution in [-0.2, 0) is 16.0 Å². The summed E-state index contributed by atoms with van der Waals surface area (Å²) in [4.78, 5) is 22.6. The second-order valence-electron chi connectivity index (χ2n) is 4.40. The molecule has 1 unspecified atom stereocenters. The second-order valence-corrected chi connectivity index (χ2v) is 4.84. The largest absolute Gasteiger partial charge is 0.496 e. The van der Waals surface area contributed by atoms with Gasteiger partial charge in [-0.3, -0.25) is 9.59 Å². The Morgan fingerprint density at radius 2 is 2.15 bits per heavy atom. The molecule has 0 spiro atoms. The first-order valence-electron chi connectivity index (χ1n) is 6.29. The predicted molar refractivity (Wildman–Crippen MR) is 76.2 cm³/mol. The topological polar surface area (TPSA) is 75.6 Å². The standard InChI is InChI=1S/C14H18ClNO4/c1-3-11(8-14(18)19)16-13(17)7-9-6-10(15)4-5-12(9)20-2/h4-6,11H,3,7-8H2,1-2H3,(H,16,17)(H,18,19). The zero-order valence-electron chi connectivity index (χ0n) is 11.5.